The highest BCUT2D eigenvalue weighted by molar-refractivity contribution is 5.96. The third-order valence-electron chi connectivity index (χ3n) is 2.79. The summed E-state index contributed by atoms with van der Waals surface area (Å²) in [6, 6.07) is 1.37. The van der Waals surface area contributed by atoms with Gasteiger partial charge in [-0.25, -0.2) is 0 Å². The minimum absolute atomic E-state index is 0.111. The van der Waals surface area contributed by atoms with Crippen molar-refractivity contribution in [3.63, 3.8) is 0 Å². The van der Waals surface area contributed by atoms with E-state index in [9.17, 15) is 9.90 Å². The van der Waals surface area contributed by atoms with E-state index in [1.54, 1.807) is 4.90 Å². The normalized spacial score (nSPS) is 20.3. The summed E-state index contributed by atoms with van der Waals surface area (Å²) in [6.07, 6.45) is 2.73. The Hall–Kier alpha value is -1.66. The second-order valence-corrected chi connectivity index (χ2v) is 3.86. The number of ether oxygens (including phenoxy) is 1. The van der Waals surface area contributed by atoms with Crippen molar-refractivity contribution in [2.75, 3.05) is 26.3 Å². The van der Waals surface area contributed by atoms with Gasteiger partial charge in [-0.3, -0.25) is 9.78 Å². The molecule has 0 bridgehead atoms. The maximum Gasteiger partial charge on any atom is 0.258 e. The van der Waals surface area contributed by atoms with Crippen molar-refractivity contribution in [2.45, 2.75) is 6.04 Å². The molecule has 1 fully saturated rings. The molecule has 1 amide bonds. The molecule has 1 atom stereocenters. The van der Waals surface area contributed by atoms with E-state index in [0.717, 1.165) is 0 Å². The topological polar surface area (TPSA) is 88.7 Å². The van der Waals surface area contributed by atoms with E-state index >= 15 is 0 Å². The summed E-state index contributed by atoms with van der Waals surface area (Å²) in [6.45, 7) is 1.77. The first kappa shape index (κ1) is 11.8. The molecule has 0 aromatic carbocycles. The quantitative estimate of drug-likeness (QED) is 0.729. The number of pyridine rings is 1. The molecule has 0 saturated carbocycles. The zero-order valence-electron chi connectivity index (χ0n) is 9.37. The number of aromatic nitrogens is 1. The second kappa shape index (κ2) is 5.11. The van der Waals surface area contributed by atoms with Crippen LogP contribution in [-0.2, 0) is 4.74 Å². The SMILES string of the molecule is NCC1COCCN1C(=O)c1ccncc1O. The van der Waals surface area contributed by atoms with Crippen molar-refractivity contribution in [1.82, 2.24) is 9.88 Å². The average molecular weight is 237 g/mol. The molecule has 0 spiro atoms. The predicted octanol–water partition coefficient (Wildman–Crippen LogP) is -0.413. The fourth-order valence-corrected chi connectivity index (χ4v) is 1.84. The van der Waals surface area contributed by atoms with Gasteiger partial charge in [0.2, 0.25) is 0 Å². The van der Waals surface area contributed by atoms with Gasteiger partial charge in [-0.2, -0.15) is 0 Å². The molecule has 1 aliphatic heterocycles. The number of carbonyl (C=O) groups is 1. The third kappa shape index (κ3) is 2.37. The zero-order chi connectivity index (χ0) is 12.3. The maximum absolute atomic E-state index is 12.2. The smallest absolute Gasteiger partial charge is 0.258 e. The number of amides is 1. The molecule has 6 nitrogen and oxygen atoms in total. The Labute approximate surface area is 99.0 Å². The standard InChI is InChI=1S/C11H15N3O3/c12-5-8-7-17-4-3-14(8)11(16)9-1-2-13-6-10(9)15/h1-2,6,8,15H,3-5,7,12H2. The van der Waals surface area contributed by atoms with Crippen LogP contribution in [0.1, 0.15) is 10.4 Å². The molecule has 2 heterocycles. The van der Waals surface area contributed by atoms with E-state index in [1.165, 1.54) is 18.5 Å². The number of nitrogens with zero attached hydrogens (tertiary/aromatic N) is 2. The number of nitrogens with two attached hydrogens (primary N) is 1. The van der Waals surface area contributed by atoms with E-state index in [-0.39, 0.29) is 23.3 Å². The van der Waals surface area contributed by atoms with Crippen LogP contribution < -0.4 is 5.73 Å². The van der Waals surface area contributed by atoms with Crippen molar-refractivity contribution in [2.24, 2.45) is 5.73 Å². The summed E-state index contributed by atoms with van der Waals surface area (Å²) in [7, 11) is 0. The predicted molar refractivity (Wildman–Crippen MR) is 60.6 cm³/mol. The number of aromatic hydroxyl groups is 1. The lowest BCUT2D eigenvalue weighted by Gasteiger charge is -2.34. The second-order valence-electron chi connectivity index (χ2n) is 3.86. The lowest BCUT2D eigenvalue weighted by atomic mass is 10.1. The fraction of sp³-hybridized carbons (Fsp3) is 0.455. The van der Waals surface area contributed by atoms with Gasteiger partial charge in [0.25, 0.3) is 5.91 Å². The van der Waals surface area contributed by atoms with E-state index < -0.39 is 0 Å². The number of hydrogen-bond acceptors (Lipinski definition) is 5. The van der Waals surface area contributed by atoms with Gasteiger partial charge < -0.3 is 20.5 Å². The van der Waals surface area contributed by atoms with Gasteiger partial charge in [-0.1, -0.05) is 0 Å². The highest BCUT2D eigenvalue weighted by atomic mass is 16.5. The van der Waals surface area contributed by atoms with Crippen LogP contribution in [0.3, 0.4) is 0 Å². The van der Waals surface area contributed by atoms with Crippen molar-refractivity contribution in [1.29, 1.82) is 0 Å². The van der Waals surface area contributed by atoms with Crippen LogP contribution in [0, 0.1) is 0 Å². The Morgan fingerprint density at radius 1 is 1.71 bits per heavy atom. The van der Waals surface area contributed by atoms with E-state index in [0.29, 0.717) is 26.3 Å². The Kier molecular flexibility index (Phi) is 3.55. The van der Waals surface area contributed by atoms with Gasteiger partial charge in [0, 0.05) is 19.3 Å². The summed E-state index contributed by atoms with van der Waals surface area (Å²) in [5, 5.41) is 9.60. The molecule has 1 aromatic heterocycles. The Morgan fingerprint density at radius 2 is 2.53 bits per heavy atom. The summed E-state index contributed by atoms with van der Waals surface area (Å²) in [4.78, 5) is 17.6. The first-order valence-corrected chi connectivity index (χ1v) is 5.45. The first-order chi connectivity index (χ1) is 8.24. The number of carbonyl (C=O) groups excluding carboxylic acids is 1. The Bertz CT molecular complexity index is 411. The highest BCUT2D eigenvalue weighted by Gasteiger charge is 2.28. The van der Waals surface area contributed by atoms with Crippen molar-refractivity contribution in [3.8, 4) is 5.75 Å². The molecule has 0 aliphatic carbocycles. The Balaban J connectivity index is 2.21. The molecule has 3 N–H and O–H groups in total. The number of morpholine rings is 1. The summed E-state index contributed by atoms with van der Waals surface area (Å²) >= 11 is 0. The van der Waals surface area contributed by atoms with Crippen LogP contribution >= 0.6 is 0 Å². The Morgan fingerprint density at radius 3 is 3.24 bits per heavy atom. The molecule has 6 heteroatoms. The summed E-state index contributed by atoms with van der Waals surface area (Å²) in [5.74, 6) is -0.344. The minimum Gasteiger partial charge on any atom is -0.505 e. The van der Waals surface area contributed by atoms with Crippen LogP contribution in [0.25, 0.3) is 0 Å². The van der Waals surface area contributed by atoms with Crippen molar-refractivity contribution >= 4 is 5.91 Å². The molecular weight excluding hydrogens is 222 g/mol. The van der Waals surface area contributed by atoms with E-state index in [4.69, 9.17) is 10.5 Å². The van der Waals surface area contributed by atoms with Gasteiger partial charge in [0.05, 0.1) is 31.0 Å². The monoisotopic (exact) mass is 237 g/mol. The average Bonchev–Trinajstić information content (AvgIpc) is 2.38. The lowest BCUT2D eigenvalue weighted by molar-refractivity contribution is 0.000689. The van der Waals surface area contributed by atoms with Gasteiger partial charge in [-0.05, 0) is 6.07 Å². The van der Waals surface area contributed by atoms with Gasteiger partial charge in [-0.15, -0.1) is 0 Å². The lowest BCUT2D eigenvalue weighted by Crippen LogP contribution is -2.52. The van der Waals surface area contributed by atoms with Gasteiger partial charge in [0.1, 0.15) is 5.75 Å². The van der Waals surface area contributed by atoms with Crippen LogP contribution in [0.5, 0.6) is 5.75 Å². The molecular formula is C11H15N3O3. The van der Waals surface area contributed by atoms with Crippen molar-refractivity contribution in [3.05, 3.63) is 24.0 Å². The molecule has 1 unspecified atom stereocenters. The van der Waals surface area contributed by atoms with Crippen LogP contribution in [0.15, 0.2) is 18.5 Å². The number of rotatable bonds is 2. The van der Waals surface area contributed by atoms with Crippen LogP contribution in [0.2, 0.25) is 0 Å². The van der Waals surface area contributed by atoms with Crippen LogP contribution in [0.4, 0.5) is 0 Å². The maximum atomic E-state index is 12.2. The molecule has 2 rings (SSSR count). The van der Waals surface area contributed by atoms with Gasteiger partial charge in [0.15, 0.2) is 0 Å². The molecule has 0 radical (unpaired) electrons. The first-order valence-electron chi connectivity index (χ1n) is 5.45. The molecule has 1 aromatic rings. The molecule has 1 saturated heterocycles. The number of hydrogen-bond donors (Lipinski definition) is 2. The minimum atomic E-state index is -0.233. The fourth-order valence-electron chi connectivity index (χ4n) is 1.84. The molecule has 1 aliphatic rings. The zero-order valence-corrected chi connectivity index (χ0v) is 9.37. The van der Waals surface area contributed by atoms with Crippen LogP contribution in [-0.4, -0.2) is 53.2 Å². The van der Waals surface area contributed by atoms with E-state index in [1.807, 2.05) is 0 Å². The summed E-state index contributed by atoms with van der Waals surface area (Å²) in [5.41, 5.74) is 5.85. The van der Waals surface area contributed by atoms with E-state index in [2.05, 4.69) is 4.98 Å². The molecule has 92 valence electrons. The van der Waals surface area contributed by atoms with Gasteiger partial charge >= 0.3 is 0 Å². The highest BCUT2D eigenvalue weighted by Crippen LogP contribution is 2.19. The molecule has 17 heavy (non-hydrogen) atoms. The largest absolute Gasteiger partial charge is 0.505 e. The third-order valence-corrected chi connectivity index (χ3v) is 2.79. The van der Waals surface area contributed by atoms with Crippen molar-refractivity contribution < 1.29 is 14.6 Å². The summed E-state index contributed by atoms with van der Waals surface area (Å²) < 4.78 is 5.27.